The molecule has 21 valence electrons. The van der Waals surface area contributed by atoms with Crippen LogP contribution in [0.2, 0.25) is 0 Å². The molecule has 0 rings (SSSR count). The van der Waals surface area contributed by atoms with Crippen LogP contribution in [0.3, 0.4) is 0 Å². The minimum atomic E-state index is 0. The van der Waals surface area contributed by atoms with Gasteiger partial charge in [-0.05, 0) is 0 Å². The third-order valence-corrected chi connectivity index (χ3v) is 0. The third kappa shape index (κ3) is 9.87. The zero-order valence-electron chi connectivity index (χ0n) is 2.57. The van der Waals surface area contributed by atoms with Gasteiger partial charge in [-0.25, -0.2) is 0 Å². The Balaban J connectivity index is 0. The quantitative estimate of drug-likeness (QED) is 0.573. The first-order chi connectivity index (χ1) is 1.41. The average Bonchev–Trinajstić information content (AvgIpc) is 0.918. The first kappa shape index (κ1) is 9.06. The van der Waals surface area contributed by atoms with Gasteiger partial charge in [0.2, 0.25) is 0 Å². The predicted molar refractivity (Wildman–Crippen MR) is 14.3 cm³/mol. The van der Waals surface area contributed by atoms with E-state index in [0.717, 1.165) is 0 Å². The van der Waals surface area contributed by atoms with Gasteiger partial charge < -0.3 is 6.92 Å². The van der Waals surface area contributed by atoms with E-state index < -0.39 is 0 Å². The Kier molecular flexibility index (Phi) is 20.0. The molecule has 0 aromatic carbocycles. The molecule has 0 unspecified atom stereocenters. The minimum Gasteiger partial charge on any atom is -0.343 e. The van der Waals surface area contributed by atoms with Crippen molar-refractivity contribution >= 4 is 0 Å². The van der Waals surface area contributed by atoms with Crippen molar-refractivity contribution in [1.82, 2.24) is 0 Å². The van der Waals surface area contributed by atoms with E-state index in [1.165, 1.54) is 0 Å². The molecular weight excluding hydrogens is 263 g/mol. The summed E-state index contributed by atoms with van der Waals surface area (Å²) in [6, 6.07) is 0. The number of hydrogen-bond acceptors (Lipinski definition) is 0. The minimum absolute atomic E-state index is 0. The summed E-state index contributed by atoms with van der Waals surface area (Å²) in [5, 5.41) is 0. The summed E-state index contributed by atoms with van der Waals surface area (Å²) in [7, 11) is 0. The van der Waals surface area contributed by atoms with Crippen molar-refractivity contribution in [2.75, 3.05) is 0 Å². The molecule has 0 saturated heterocycles. The van der Waals surface area contributed by atoms with Gasteiger partial charge in [-0.15, -0.1) is 0 Å². The fraction of sp³-hybridized carbons (Fsp3) is 0.333. The molecule has 0 aliphatic rings. The molecule has 0 fully saturated rings. The van der Waals surface area contributed by atoms with Crippen molar-refractivity contribution in [2.24, 2.45) is 0 Å². The molecule has 0 aliphatic heterocycles. The van der Waals surface area contributed by atoms with Crippen molar-refractivity contribution in [2.45, 2.75) is 6.42 Å². The van der Waals surface area contributed by atoms with E-state index in [-0.39, 0.29) is 44.1 Å². The Bertz CT molecular complexity index is 3.25. The van der Waals surface area contributed by atoms with Crippen LogP contribution < -0.4 is 0 Å². The van der Waals surface area contributed by atoms with Crippen LogP contribution in [0, 0.1) is 57.9 Å². The Labute approximate surface area is 63.5 Å². The van der Waals surface area contributed by atoms with E-state index in [4.69, 9.17) is 6.92 Å². The standard InChI is InChI=1S/C3H5.Ac/c1-3-2;/h1H,2-3H2;/q-1;. The van der Waals surface area contributed by atoms with Gasteiger partial charge in [0.25, 0.3) is 0 Å². The Morgan fingerprint density at radius 1 is 1.75 bits per heavy atom. The Morgan fingerprint density at radius 2 is 1.75 bits per heavy atom. The van der Waals surface area contributed by atoms with E-state index >= 15 is 0 Å². The van der Waals surface area contributed by atoms with E-state index in [2.05, 4.69) is 6.92 Å². The second-order valence-corrected chi connectivity index (χ2v) is 0.289. The van der Waals surface area contributed by atoms with Crippen LogP contribution in [0.5, 0.6) is 0 Å². The maximum absolute atomic E-state index is 4.74. The molecule has 4 heavy (non-hydrogen) atoms. The van der Waals surface area contributed by atoms with Gasteiger partial charge >= 0.3 is 0 Å². The second-order valence-electron chi connectivity index (χ2n) is 0.289. The fourth-order valence-electron chi connectivity index (χ4n) is 0. The van der Waals surface area contributed by atoms with Crippen molar-refractivity contribution < 1.29 is 44.1 Å². The van der Waals surface area contributed by atoms with E-state index in [1.807, 2.05) is 0 Å². The molecule has 0 aliphatic carbocycles. The zero-order valence-corrected chi connectivity index (χ0v) is 7.31. The molecule has 0 bridgehead atoms. The summed E-state index contributed by atoms with van der Waals surface area (Å²) in [6.07, 6.45) is 0.500. The third-order valence-electron chi connectivity index (χ3n) is 0. The molecule has 0 amide bonds. The van der Waals surface area contributed by atoms with Gasteiger partial charge in [0.15, 0.2) is 0 Å². The summed E-state index contributed by atoms with van der Waals surface area (Å²) in [5.41, 5.74) is 0. The monoisotopic (exact) mass is 268 g/mol. The number of rotatable bonds is 0. The normalized spacial score (nSPS) is 4.50. The molecular formula is C3H5Ac-. The molecule has 0 aromatic heterocycles. The maximum Gasteiger partial charge on any atom is 0 e. The van der Waals surface area contributed by atoms with Crippen LogP contribution in [0.4, 0.5) is 0 Å². The fourth-order valence-corrected chi connectivity index (χ4v) is 0. The van der Waals surface area contributed by atoms with Crippen molar-refractivity contribution in [1.29, 1.82) is 0 Å². The Hall–Kier alpha value is 1.44. The smallest absolute Gasteiger partial charge is 0 e. The van der Waals surface area contributed by atoms with Crippen LogP contribution in [0.15, 0.2) is 0 Å². The molecule has 0 aromatic rings. The second kappa shape index (κ2) is 8.82. The van der Waals surface area contributed by atoms with Crippen LogP contribution in [-0.4, -0.2) is 0 Å². The van der Waals surface area contributed by atoms with Crippen LogP contribution in [-0.2, 0) is 0 Å². The molecule has 0 saturated carbocycles. The van der Waals surface area contributed by atoms with Gasteiger partial charge in [-0.3, -0.25) is 0 Å². The molecule has 0 N–H and O–H groups in total. The summed E-state index contributed by atoms with van der Waals surface area (Å²) in [4.78, 5) is 0. The SMILES string of the molecule is [Ac].[CH]C[CH2-]. The van der Waals surface area contributed by atoms with Crippen molar-refractivity contribution in [3.63, 3.8) is 0 Å². The van der Waals surface area contributed by atoms with Crippen LogP contribution >= 0.6 is 0 Å². The summed E-state index contributed by atoms with van der Waals surface area (Å²) >= 11 is 0. The summed E-state index contributed by atoms with van der Waals surface area (Å²) in [6.45, 7) is 8.00. The number of hydrogen-bond donors (Lipinski definition) is 0. The first-order valence-electron chi connectivity index (χ1n) is 0.908. The summed E-state index contributed by atoms with van der Waals surface area (Å²) < 4.78 is 0. The predicted octanol–water partition coefficient (Wildman–Crippen LogP) is 0.922. The van der Waals surface area contributed by atoms with E-state index in [0.29, 0.717) is 6.42 Å². The van der Waals surface area contributed by atoms with Crippen molar-refractivity contribution in [3.8, 4) is 0 Å². The zero-order chi connectivity index (χ0) is 2.71. The maximum atomic E-state index is 4.74. The van der Waals surface area contributed by atoms with Crippen molar-refractivity contribution in [3.05, 3.63) is 13.8 Å². The average molecular weight is 268 g/mol. The molecule has 1 heteroatoms. The molecule has 0 nitrogen and oxygen atoms in total. The molecule has 3 radical (unpaired) electrons. The molecule has 0 heterocycles. The topological polar surface area (TPSA) is 0 Å². The van der Waals surface area contributed by atoms with Gasteiger partial charge in [-0.2, -0.15) is 6.42 Å². The van der Waals surface area contributed by atoms with E-state index in [9.17, 15) is 0 Å². The Morgan fingerprint density at radius 3 is 1.75 bits per heavy atom. The van der Waals surface area contributed by atoms with Gasteiger partial charge in [-0.1, -0.05) is 6.92 Å². The van der Waals surface area contributed by atoms with Gasteiger partial charge in [0.05, 0.1) is 0 Å². The molecule has 0 atom stereocenters. The molecule has 0 spiro atoms. The first-order valence-corrected chi connectivity index (χ1v) is 0.908. The van der Waals surface area contributed by atoms with Gasteiger partial charge in [0.1, 0.15) is 0 Å². The largest absolute Gasteiger partial charge is 0.343 e. The van der Waals surface area contributed by atoms with Crippen LogP contribution in [0.1, 0.15) is 6.42 Å². The summed E-state index contributed by atoms with van der Waals surface area (Å²) in [5.74, 6) is 0. The van der Waals surface area contributed by atoms with E-state index in [1.54, 1.807) is 0 Å². The van der Waals surface area contributed by atoms with Gasteiger partial charge in [0, 0.05) is 44.1 Å². The van der Waals surface area contributed by atoms with Crippen LogP contribution in [0.25, 0.3) is 0 Å².